The molecule has 0 aliphatic carbocycles. The number of hydrogen-bond donors (Lipinski definition) is 3. The quantitative estimate of drug-likeness (QED) is 0.657. The van der Waals surface area contributed by atoms with Gasteiger partial charge in [0.05, 0.1) is 5.69 Å². The van der Waals surface area contributed by atoms with Crippen LogP contribution in [0.5, 0.6) is 0 Å². The number of carbonyl (C=O) groups is 1. The van der Waals surface area contributed by atoms with E-state index in [2.05, 4.69) is 15.6 Å². The van der Waals surface area contributed by atoms with Crippen molar-refractivity contribution in [2.45, 2.75) is 33.6 Å². The van der Waals surface area contributed by atoms with Crippen LogP contribution in [0.3, 0.4) is 0 Å². The Kier molecular flexibility index (Phi) is 6.12. The van der Waals surface area contributed by atoms with Crippen LogP contribution in [0.2, 0.25) is 0 Å². The van der Waals surface area contributed by atoms with E-state index < -0.39 is 0 Å². The van der Waals surface area contributed by atoms with Gasteiger partial charge in [-0.25, -0.2) is 4.98 Å². The minimum Gasteiger partial charge on any atom is -0.396 e. The summed E-state index contributed by atoms with van der Waals surface area (Å²) in [6.07, 6.45) is 3.65. The van der Waals surface area contributed by atoms with E-state index in [4.69, 9.17) is 5.73 Å². The van der Waals surface area contributed by atoms with Crippen molar-refractivity contribution < 1.29 is 4.79 Å². The lowest BCUT2D eigenvalue weighted by molar-refractivity contribution is -0.123. The van der Waals surface area contributed by atoms with Crippen molar-refractivity contribution in [1.82, 2.24) is 10.3 Å². The van der Waals surface area contributed by atoms with Crippen LogP contribution >= 0.6 is 0 Å². The second-order valence-electron chi connectivity index (χ2n) is 4.97. The largest absolute Gasteiger partial charge is 0.396 e. The summed E-state index contributed by atoms with van der Waals surface area (Å²) in [6.45, 7) is 7.27. The van der Waals surface area contributed by atoms with Gasteiger partial charge in [-0.3, -0.25) is 4.79 Å². The van der Waals surface area contributed by atoms with Gasteiger partial charge in [-0.05, 0) is 31.4 Å². The van der Waals surface area contributed by atoms with Gasteiger partial charge in [-0.15, -0.1) is 0 Å². The van der Waals surface area contributed by atoms with E-state index in [1.165, 1.54) is 0 Å². The normalized spacial score (nSPS) is 10.5. The van der Waals surface area contributed by atoms with Crippen molar-refractivity contribution in [2.75, 3.05) is 24.1 Å². The predicted molar refractivity (Wildman–Crippen MR) is 79.0 cm³/mol. The number of hydrogen-bond acceptors (Lipinski definition) is 4. The van der Waals surface area contributed by atoms with Gasteiger partial charge in [0.25, 0.3) is 0 Å². The third-order valence-electron chi connectivity index (χ3n) is 2.93. The molecule has 0 saturated heterocycles. The van der Waals surface area contributed by atoms with Gasteiger partial charge in [-0.2, -0.15) is 0 Å². The van der Waals surface area contributed by atoms with Gasteiger partial charge in [0, 0.05) is 25.2 Å². The van der Waals surface area contributed by atoms with E-state index in [-0.39, 0.29) is 11.8 Å². The van der Waals surface area contributed by atoms with Gasteiger partial charge in [0.1, 0.15) is 5.82 Å². The molecule has 0 aromatic carbocycles. The van der Waals surface area contributed by atoms with Crippen LogP contribution in [0, 0.1) is 12.8 Å². The Morgan fingerprint density at radius 3 is 2.74 bits per heavy atom. The van der Waals surface area contributed by atoms with Gasteiger partial charge < -0.3 is 16.4 Å². The first kappa shape index (κ1) is 15.3. The highest BCUT2D eigenvalue weighted by Gasteiger charge is 2.05. The molecule has 1 amide bonds. The van der Waals surface area contributed by atoms with Crippen LogP contribution in [-0.4, -0.2) is 24.0 Å². The van der Waals surface area contributed by atoms with E-state index >= 15 is 0 Å². The molecule has 1 heterocycles. The first-order valence-corrected chi connectivity index (χ1v) is 6.75. The molecule has 4 N–H and O–H groups in total. The summed E-state index contributed by atoms with van der Waals surface area (Å²) >= 11 is 0. The topological polar surface area (TPSA) is 80.0 Å². The molecule has 0 radical (unpaired) electrons. The van der Waals surface area contributed by atoms with E-state index in [1.807, 2.05) is 26.8 Å². The summed E-state index contributed by atoms with van der Waals surface area (Å²) in [7, 11) is 0. The molecule has 1 aromatic rings. The highest BCUT2D eigenvalue weighted by Crippen LogP contribution is 2.18. The van der Waals surface area contributed by atoms with E-state index in [1.54, 1.807) is 6.20 Å². The Bertz CT molecular complexity index is 418. The van der Waals surface area contributed by atoms with Crippen molar-refractivity contribution in [2.24, 2.45) is 5.92 Å². The number of carbonyl (C=O) groups excluding carboxylic acids is 1. The standard InChI is InChI=1S/C14H24N4O/c1-10(2)14(19)18-8-5-4-7-16-13-12(15)11(3)6-9-17-13/h6,9-10H,4-5,7-8,15H2,1-3H3,(H,16,17)(H,18,19). The number of amides is 1. The first-order chi connectivity index (χ1) is 9.02. The SMILES string of the molecule is Cc1ccnc(NCCCCNC(=O)C(C)C)c1N. The van der Waals surface area contributed by atoms with Crippen LogP contribution in [0.15, 0.2) is 12.3 Å². The molecule has 5 nitrogen and oxygen atoms in total. The molecule has 0 atom stereocenters. The fraction of sp³-hybridized carbons (Fsp3) is 0.571. The zero-order chi connectivity index (χ0) is 14.3. The van der Waals surface area contributed by atoms with Crippen molar-refractivity contribution >= 4 is 17.4 Å². The molecular formula is C14H24N4O. The maximum absolute atomic E-state index is 11.3. The highest BCUT2D eigenvalue weighted by molar-refractivity contribution is 5.77. The van der Waals surface area contributed by atoms with Crippen LogP contribution in [0.1, 0.15) is 32.3 Å². The molecule has 0 aliphatic rings. The molecule has 1 aromatic heterocycles. The zero-order valence-electron chi connectivity index (χ0n) is 12.0. The fourth-order valence-electron chi connectivity index (χ4n) is 1.58. The van der Waals surface area contributed by atoms with E-state index in [9.17, 15) is 4.79 Å². The molecule has 5 heteroatoms. The van der Waals surface area contributed by atoms with Crippen molar-refractivity contribution in [1.29, 1.82) is 0 Å². The minimum absolute atomic E-state index is 0.0504. The number of anilines is 2. The van der Waals surface area contributed by atoms with Crippen molar-refractivity contribution in [3.63, 3.8) is 0 Å². The number of nitrogen functional groups attached to an aromatic ring is 1. The van der Waals surface area contributed by atoms with Crippen molar-refractivity contribution in [3.05, 3.63) is 17.8 Å². The van der Waals surface area contributed by atoms with E-state index in [0.717, 1.165) is 37.3 Å². The Morgan fingerprint density at radius 2 is 2.05 bits per heavy atom. The molecule has 0 spiro atoms. The smallest absolute Gasteiger partial charge is 0.222 e. The summed E-state index contributed by atoms with van der Waals surface area (Å²) in [5.74, 6) is 0.901. The molecule has 19 heavy (non-hydrogen) atoms. The lowest BCUT2D eigenvalue weighted by Crippen LogP contribution is -2.28. The van der Waals surface area contributed by atoms with E-state index in [0.29, 0.717) is 5.69 Å². The number of nitrogens with two attached hydrogens (primary N) is 1. The summed E-state index contributed by atoms with van der Waals surface area (Å²) in [6, 6.07) is 1.89. The average molecular weight is 264 g/mol. The third-order valence-corrected chi connectivity index (χ3v) is 2.93. The molecule has 0 unspecified atom stereocenters. The Balaban J connectivity index is 2.18. The van der Waals surface area contributed by atoms with Crippen molar-refractivity contribution in [3.8, 4) is 0 Å². The predicted octanol–water partition coefficient (Wildman–Crippen LogP) is 1.94. The maximum atomic E-state index is 11.3. The second kappa shape index (κ2) is 7.61. The summed E-state index contributed by atoms with van der Waals surface area (Å²) < 4.78 is 0. The zero-order valence-corrected chi connectivity index (χ0v) is 12.0. The van der Waals surface area contributed by atoms with Crippen LogP contribution in [0.4, 0.5) is 11.5 Å². The average Bonchev–Trinajstić information content (AvgIpc) is 2.37. The second-order valence-corrected chi connectivity index (χ2v) is 4.97. The lowest BCUT2D eigenvalue weighted by atomic mass is 10.2. The van der Waals surface area contributed by atoms with Gasteiger partial charge in [0.15, 0.2) is 0 Å². The summed E-state index contributed by atoms with van der Waals surface area (Å²) in [5.41, 5.74) is 7.65. The molecule has 1 rings (SSSR count). The van der Waals surface area contributed by atoms with Gasteiger partial charge >= 0.3 is 0 Å². The first-order valence-electron chi connectivity index (χ1n) is 6.75. The molecule has 0 bridgehead atoms. The molecule has 0 aliphatic heterocycles. The molecule has 0 saturated carbocycles. The number of aryl methyl sites for hydroxylation is 1. The maximum Gasteiger partial charge on any atom is 0.222 e. The number of unbranched alkanes of at least 4 members (excludes halogenated alkanes) is 1. The lowest BCUT2D eigenvalue weighted by Gasteiger charge is -2.10. The Labute approximate surface area is 115 Å². The molecule has 0 fully saturated rings. The Morgan fingerprint density at radius 1 is 1.37 bits per heavy atom. The third kappa shape index (κ3) is 5.16. The number of aromatic nitrogens is 1. The number of rotatable bonds is 7. The molecular weight excluding hydrogens is 240 g/mol. The Hall–Kier alpha value is -1.78. The van der Waals surface area contributed by atoms with Crippen LogP contribution in [0.25, 0.3) is 0 Å². The minimum atomic E-state index is 0.0504. The monoisotopic (exact) mass is 264 g/mol. The summed E-state index contributed by atoms with van der Waals surface area (Å²) in [5, 5.41) is 6.11. The highest BCUT2D eigenvalue weighted by atomic mass is 16.1. The molecule has 106 valence electrons. The van der Waals surface area contributed by atoms with Crippen LogP contribution in [-0.2, 0) is 4.79 Å². The number of nitrogens with one attached hydrogen (secondary N) is 2. The van der Waals surface area contributed by atoms with Gasteiger partial charge in [0.2, 0.25) is 5.91 Å². The fourth-order valence-corrected chi connectivity index (χ4v) is 1.58. The number of nitrogens with zero attached hydrogens (tertiary/aromatic N) is 1. The summed E-state index contributed by atoms with van der Waals surface area (Å²) in [4.78, 5) is 15.5. The number of pyridine rings is 1. The van der Waals surface area contributed by atoms with Crippen LogP contribution < -0.4 is 16.4 Å². The van der Waals surface area contributed by atoms with Gasteiger partial charge in [-0.1, -0.05) is 13.8 Å².